The molecule has 1 saturated heterocycles. The van der Waals surface area contributed by atoms with E-state index in [0.717, 1.165) is 6.42 Å². The van der Waals surface area contributed by atoms with Gasteiger partial charge in [-0.15, -0.1) is 0 Å². The molecular formula is C19H23NO. The first-order valence-electron chi connectivity index (χ1n) is 7.73. The quantitative estimate of drug-likeness (QED) is 0.916. The van der Waals surface area contributed by atoms with Gasteiger partial charge in [0.15, 0.2) is 0 Å². The molecule has 3 unspecified atom stereocenters. The molecular weight excluding hydrogens is 258 g/mol. The molecule has 21 heavy (non-hydrogen) atoms. The number of hydrogen-bond donors (Lipinski definition) is 1. The molecule has 3 rings (SSSR count). The summed E-state index contributed by atoms with van der Waals surface area (Å²) in [6.07, 6.45) is 1.18. The Labute approximate surface area is 127 Å². The number of rotatable bonds is 3. The second-order valence-corrected chi connectivity index (χ2v) is 6.00. The smallest absolute Gasteiger partial charge is 0.0979 e. The molecule has 2 nitrogen and oxygen atoms in total. The van der Waals surface area contributed by atoms with E-state index in [9.17, 15) is 0 Å². The average Bonchev–Trinajstić information content (AvgIpc) is 2.56. The van der Waals surface area contributed by atoms with E-state index in [2.05, 4.69) is 79.8 Å². The van der Waals surface area contributed by atoms with E-state index < -0.39 is 0 Å². The maximum atomic E-state index is 6.28. The van der Waals surface area contributed by atoms with Crippen LogP contribution in [0.5, 0.6) is 0 Å². The Morgan fingerprint density at radius 3 is 2.29 bits per heavy atom. The van der Waals surface area contributed by atoms with Crippen molar-refractivity contribution in [3.05, 3.63) is 71.8 Å². The molecule has 0 radical (unpaired) electrons. The van der Waals surface area contributed by atoms with Gasteiger partial charge >= 0.3 is 0 Å². The molecule has 1 fully saturated rings. The molecule has 3 atom stereocenters. The normalized spacial score (nSPS) is 29.2. The first-order chi connectivity index (χ1) is 10.2. The Balaban J connectivity index is 1.84. The highest BCUT2D eigenvalue weighted by atomic mass is 16.5. The highest BCUT2D eigenvalue weighted by Crippen LogP contribution is 2.34. The number of benzene rings is 2. The van der Waals surface area contributed by atoms with Crippen LogP contribution in [0.15, 0.2) is 60.7 Å². The summed E-state index contributed by atoms with van der Waals surface area (Å²) in [5, 5.41) is 3.82. The topological polar surface area (TPSA) is 21.3 Å². The molecule has 1 N–H and O–H groups in total. The number of nitrogens with one attached hydrogen (secondary N) is 1. The highest BCUT2D eigenvalue weighted by Gasteiger charge is 2.38. The van der Waals surface area contributed by atoms with Crippen LogP contribution in [-0.4, -0.2) is 12.6 Å². The van der Waals surface area contributed by atoms with Crippen LogP contribution in [0.25, 0.3) is 0 Å². The fourth-order valence-corrected chi connectivity index (χ4v) is 3.16. The van der Waals surface area contributed by atoms with E-state index in [1.54, 1.807) is 0 Å². The molecule has 0 saturated carbocycles. The van der Waals surface area contributed by atoms with Gasteiger partial charge in [-0.25, -0.2) is 0 Å². The summed E-state index contributed by atoms with van der Waals surface area (Å²) in [4.78, 5) is 0. The van der Waals surface area contributed by atoms with Crippen molar-refractivity contribution in [3.8, 4) is 0 Å². The molecule has 1 aliphatic rings. The van der Waals surface area contributed by atoms with Crippen molar-refractivity contribution in [2.75, 3.05) is 6.61 Å². The van der Waals surface area contributed by atoms with Crippen molar-refractivity contribution in [1.82, 2.24) is 5.32 Å². The Morgan fingerprint density at radius 2 is 1.67 bits per heavy atom. The molecule has 1 heterocycles. The van der Waals surface area contributed by atoms with Crippen molar-refractivity contribution < 1.29 is 4.74 Å². The lowest BCUT2D eigenvalue weighted by molar-refractivity contribution is -0.0628. The SMILES string of the molecule is CCC1NC(C)(c2ccccc2)COC1c1ccccc1. The van der Waals surface area contributed by atoms with E-state index in [0.29, 0.717) is 12.6 Å². The predicted octanol–water partition coefficient (Wildman–Crippen LogP) is 4.04. The van der Waals surface area contributed by atoms with Crippen LogP contribution in [0, 0.1) is 0 Å². The summed E-state index contributed by atoms with van der Waals surface area (Å²) in [5.41, 5.74) is 2.43. The average molecular weight is 281 g/mol. The van der Waals surface area contributed by atoms with Crippen molar-refractivity contribution in [2.45, 2.75) is 38.0 Å². The number of hydrogen-bond acceptors (Lipinski definition) is 2. The molecule has 110 valence electrons. The van der Waals surface area contributed by atoms with Gasteiger partial charge < -0.3 is 4.74 Å². The van der Waals surface area contributed by atoms with Gasteiger partial charge in [0, 0.05) is 6.04 Å². The van der Waals surface area contributed by atoms with Crippen LogP contribution in [0.4, 0.5) is 0 Å². The van der Waals surface area contributed by atoms with Gasteiger partial charge in [0.1, 0.15) is 0 Å². The van der Waals surface area contributed by atoms with Gasteiger partial charge in [-0.3, -0.25) is 5.32 Å². The molecule has 2 aromatic rings. The second-order valence-electron chi connectivity index (χ2n) is 6.00. The van der Waals surface area contributed by atoms with E-state index in [1.165, 1.54) is 11.1 Å². The lowest BCUT2D eigenvalue weighted by Gasteiger charge is -2.44. The third-order valence-electron chi connectivity index (χ3n) is 4.40. The van der Waals surface area contributed by atoms with Crippen LogP contribution in [0.3, 0.4) is 0 Å². The first-order valence-corrected chi connectivity index (χ1v) is 7.73. The third-order valence-corrected chi connectivity index (χ3v) is 4.40. The van der Waals surface area contributed by atoms with E-state index in [-0.39, 0.29) is 11.6 Å². The summed E-state index contributed by atoms with van der Waals surface area (Å²) in [6, 6.07) is 21.4. The lowest BCUT2D eigenvalue weighted by atomic mass is 9.87. The zero-order chi connectivity index (χ0) is 14.7. The van der Waals surface area contributed by atoms with Gasteiger partial charge in [-0.05, 0) is 24.5 Å². The molecule has 1 aliphatic heterocycles. The molecule has 0 aromatic heterocycles. The Hall–Kier alpha value is -1.64. The van der Waals surface area contributed by atoms with Crippen molar-refractivity contribution >= 4 is 0 Å². The van der Waals surface area contributed by atoms with Crippen LogP contribution < -0.4 is 5.32 Å². The molecule has 0 bridgehead atoms. The van der Waals surface area contributed by atoms with Gasteiger partial charge in [0.05, 0.1) is 18.2 Å². The molecule has 0 amide bonds. The molecule has 2 aromatic carbocycles. The summed E-state index contributed by atoms with van der Waals surface area (Å²) in [7, 11) is 0. The minimum Gasteiger partial charge on any atom is -0.370 e. The van der Waals surface area contributed by atoms with Crippen molar-refractivity contribution in [3.63, 3.8) is 0 Å². The van der Waals surface area contributed by atoms with E-state index >= 15 is 0 Å². The van der Waals surface area contributed by atoms with Gasteiger partial charge in [0.2, 0.25) is 0 Å². The van der Waals surface area contributed by atoms with E-state index in [1.807, 2.05) is 0 Å². The maximum Gasteiger partial charge on any atom is 0.0979 e. The van der Waals surface area contributed by atoms with Gasteiger partial charge in [-0.2, -0.15) is 0 Å². The first kappa shape index (κ1) is 14.3. The zero-order valence-corrected chi connectivity index (χ0v) is 12.8. The van der Waals surface area contributed by atoms with Crippen LogP contribution in [-0.2, 0) is 10.3 Å². The molecule has 0 aliphatic carbocycles. The minimum atomic E-state index is -0.118. The number of morpholine rings is 1. The fourth-order valence-electron chi connectivity index (χ4n) is 3.16. The van der Waals surface area contributed by atoms with E-state index in [4.69, 9.17) is 4.74 Å². The summed E-state index contributed by atoms with van der Waals surface area (Å²) in [6.45, 7) is 5.13. The zero-order valence-electron chi connectivity index (χ0n) is 12.8. The standard InChI is InChI=1S/C19H23NO/c1-3-17-18(15-10-6-4-7-11-15)21-14-19(2,20-17)16-12-8-5-9-13-16/h4-13,17-18,20H,3,14H2,1-2H3. The maximum absolute atomic E-state index is 6.28. The summed E-state index contributed by atoms with van der Waals surface area (Å²) < 4.78 is 6.28. The van der Waals surface area contributed by atoms with Crippen LogP contribution in [0.2, 0.25) is 0 Å². The van der Waals surface area contributed by atoms with Crippen LogP contribution >= 0.6 is 0 Å². The van der Waals surface area contributed by atoms with Crippen molar-refractivity contribution in [2.24, 2.45) is 0 Å². The van der Waals surface area contributed by atoms with Crippen molar-refractivity contribution in [1.29, 1.82) is 0 Å². The lowest BCUT2D eigenvalue weighted by Crippen LogP contribution is -2.56. The van der Waals surface area contributed by atoms with Crippen LogP contribution in [0.1, 0.15) is 37.5 Å². The van der Waals surface area contributed by atoms with Gasteiger partial charge in [-0.1, -0.05) is 67.6 Å². The Bertz CT molecular complexity index is 569. The fraction of sp³-hybridized carbons (Fsp3) is 0.368. The Morgan fingerprint density at radius 1 is 1.05 bits per heavy atom. The number of ether oxygens (including phenoxy) is 1. The monoisotopic (exact) mass is 281 g/mol. The summed E-state index contributed by atoms with van der Waals surface area (Å²) >= 11 is 0. The summed E-state index contributed by atoms with van der Waals surface area (Å²) in [5.74, 6) is 0. The third kappa shape index (κ3) is 2.87. The Kier molecular flexibility index (Phi) is 4.09. The highest BCUT2D eigenvalue weighted by molar-refractivity contribution is 5.27. The second kappa shape index (κ2) is 6.00. The largest absolute Gasteiger partial charge is 0.370 e. The molecule has 2 heteroatoms. The molecule has 0 spiro atoms. The predicted molar refractivity (Wildman–Crippen MR) is 86.1 cm³/mol. The van der Waals surface area contributed by atoms with Gasteiger partial charge in [0.25, 0.3) is 0 Å². The minimum absolute atomic E-state index is 0.118.